The second-order valence-corrected chi connectivity index (χ2v) is 5.61. The molecule has 1 aromatic heterocycles. The number of hydrogen-bond acceptors (Lipinski definition) is 3. The highest BCUT2D eigenvalue weighted by molar-refractivity contribution is 5.92. The standard InChI is InChI=1S/C18H15F3N2O2/c19-18(20,21)14-7-8-16(22-10-14)25-15-11-23(12-15)17(24)9-6-13-4-2-1-3-5-13/h1-10,15H,11-12H2/b9-6+. The lowest BCUT2D eigenvalue weighted by atomic mass is 10.1. The van der Waals surface area contributed by atoms with E-state index in [0.717, 1.165) is 17.8 Å². The van der Waals surface area contributed by atoms with Gasteiger partial charge in [-0.05, 0) is 17.7 Å². The lowest BCUT2D eigenvalue weighted by molar-refractivity contribution is -0.138. The molecule has 4 nitrogen and oxygen atoms in total. The third kappa shape index (κ3) is 4.37. The molecule has 25 heavy (non-hydrogen) atoms. The molecule has 1 amide bonds. The molecule has 1 aliphatic rings. The molecule has 1 fully saturated rings. The van der Waals surface area contributed by atoms with E-state index >= 15 is 0 Å². The first-order valence-electron chi connectivity index (χ1n) is 7.64. The van der Waals surface area contributed by atoms with Crippen molar-refractivity contribution in [1.82, 2.24) is 9.88 Å². The summed E-state index contributed by atoms with van der Waals surface area (Å²) < 4.78 is 42.9. The van der Waals surface area contributed by atoms with E-state index in [4.69, 9.17) is 4.74 Å². The van der Waals surface area contributed by atoms with Crippen molar-refractivity contribution in [2.24, 2.45) is 0 Å². The van der Waals surface area contributed by atoms with Gasteiger partial charge in [-0.25, -0.2) is 4.98 Å². The molecule has 0 spiro atoms. The van der Waals surface area contributed by atoms with Crippen LogP contribution in [-0.4, -0.2) is 35.0 Å². The maximum Gasteiger partial charge on any atom is 0.417 e. The van der Waals surface area contributed by atoms with Gasteiger partial charge in [0.1, 0.15) is 6.10 Å². The van der Waals surface area contributed by atoms with E-state index in [1.165, 1.54) is 12.1 Å². The van der Waals surface area contributed by atoms with Crippen LogP contribution < -0.4 is 4.74 Å². The molecule has 2 aromatic rings. The molecule has 0 atom stereocenters. The van der Waals surface area contributed by atoms with Gasteiger partial charge in [0.05, 0.1) is 18.7 Å². The number of hydrogen-bond donors (Lipinski definition) is 0. The minimum absolute atomic E-state index is 0.116. The van der Waals surface area contributed by atoms with E-state index in [1.807, 2.05) is 30.3 Å². The normalized spacial score (nSPS) is 15.2. The zero-order chi connectivity index (χ0) is 17.9. The molecule has 2 heterocycles. The third-order valence-corrected chi connectivity index (χ3v) is 3.73. The molecule has 0 saturated carbocycles. The van der Waals surface area contributed by atoms with Crippen LogP contribution in [0.15, 0.2) is 54.7 Å². The zero-order valence-electron chi connectivity index (χ0n) is 13.1. The number of amides is 1. The second-order valence-electron chi connectivity index (χ2n) is 5.61. The predicted octanol–water partition coefficient (Wildman–Crippen LogP) is 3.40. The Kier molecular flexibility index (Phi) is 4.74. The van der Waals surface area contributed by atoms with Gasteiger partial charge in [-0.15, -0.1) is 0 Å². The largest absolute Gasteiger partial charge is 0.471 e. The number of benzene rings is 1. The number of carbonyl (C=O) groups is 1. The van der Waals surface area contributed by atoms with Crippen LogP contribution in [0.3, 0.4) is 0 Å². The highest BCUT2D eigenvalue weighted by Gasteiger charge is 2.33. The Morgan fingerprint density at radius 2 is 1.88 bits per heavy atom. The number of carbonyl (C=O) groups excluding carboxylic acids is 1. The maximum atomic E-state index is 12.5. The summed E-state index contributed by atoms with van der Waals surface area (Å²) in [5.41, 5.74) is 0.106. The highest BCUT2D eigenvalue weighted by atomic mass is 19.4. The fourth-order valence-corrected chi connectivity index (χ4v) is 2.32. The summed E-state index contributed by atoms with van der Waals surface area (Å²) in [7, 11) is 0. The fraction of sp³-hybridized carbons (Fsp3) is 0.222. The molecule has 0 N–H and O–H groups in total. The topological polar surface area (TPSA) is 42.4 Å². The van der Waals surface area contributed by atoms with Gasteiger partial charge in [0.15, 0.2) is 0 Å². The molecule has 130 valence electrons. The van der Waals surface area contributed by atoms with Crippen LogP contribution in [0, 0.1) is 0 Å². The SMILES string of the molecule is O=C(/C=C/c1ccccc1)N1CC(Oc2ccc(C(F)(F)F)cn2)C1. The van der Waals surface area contributed by atoms with Crippen LogP contribution in [0.1, 0.15) is 11.1 Å². The van der Waals surface area contributed by atoms with Crippen LogP contribution >= 0.6 is 0 Å². The number of rotatable bonds is 4. The number of pyridine rings is 1. The van der Waals surface area contributed by atoms with Crippen molar-refractivity contribution in [3.63, 3.8) is 0 Å². The van der Waals surface area contributed by atoms with Crippen molar-refractivity contribution in [2.75, 3.05) is 13.1 Å². The molecule has 1 aromatic carbocycles. The van der Waals surface area contributed by atoms with Gasteiger partial charge in [-0.3, -0.25) is 4.79 Å². The summed E-state index contributed by atoms with van der Waals surface area (Å²) in [5, 5.41) is 0. The molecule has 0 bridgehead atoms. The van der Waals surface area contributed by atoms with Crippen molar-refractivity contribution < 1.29 is 22.7 Å². The molecule has 3 rings (SSSR count). The average molecular weight is 348 g/mol. The first-order chi connectivity index (χ1) is 11.9. The van der Waals surface area contributed by atoms with Crippen molar-refractivity contribution in [3.8, 4) is 5.88 Å². The summed E-state index contributed by atoms with van der Waals surface area (Å²) in [6.07, 6.45) is -0.732. The Labute approximate surface area is 142 Å². The molecule has 1 aliphatic heterocycles. The monoisotopic (exact) mass is 348 g/mol. The van der Waals surface area contributed by atoms with Crippen molar-refractivity contribution >= 4 is 12.0 Å². The van der Waals surface area contributed by atoms with E-state index in [9.17, 15) is 18.0 Å². The molecule has 0 aliphatic carbocycles. The van der Waals surface area contributed by atoms with Crippen molar-refractivity contribution in [3.05, 3.63) is 65.9 Å². The molecule has 1 saturated heterocycles. The Morgan fingerprint density at radius 1 is 1.16 bits per heavy atom. The number of ether oxygens (including phenoxy) is 1. The number of aromatic nitrogens is 1. The van der Waals surface area contributed by atoms with Crippen LogP contribution in [0.25, 0.3) is 6.08 Å². The van der Waals surface area contributed by atoms with Gasteiger partial charge < -0.3 is 9.64 Å². The molecule has 0 radical (unpaired) electrons. The number of alkyl halides is 3. The molecule has 7 heteroatoms. The smallest absolute Gasteiger partial charge is 0.417 e. The number of likely N-dealkylation sites (tertiary alicyclic amines) is 1. The summed E-state index contributed by atoms with van der Waals surface area (Å²) in [5.74, 6) is -0.0194. The van der Waals surface area contributed by atoms with Gasteiger partial charge in [-0.2, -0.15) is 13.2 Å². The van der Waals surface area contributed by atoms with Gasteiger partial charge in [0, 0.05) is 18.3 Å². The molecule has 0 unspecified atom stereocenters. The van der Waals surface area contributed by atoms with Crippen molar-refractivity contribution in [1.29, 1.82) is 0 Å². The Morgan fingerprint density at radius 3 is 2.48 bits per heavy atom. The van der Waals surface area contributed by atoms with Crippen LogP contribution in [0.2, 0.25) is 0 Å². The first-order valence-corrected chi connectivity index (χ1v) is 7.64. The number of nitrogens with zero attached hydrogens (tertiary/aromatic N) is 2. The Bertz CT molecular complexity index is 752. The van der Waals surface area contributed by atoms with E-state index < -0.39 is 11.7 Å². The summed E-state index contributed by atoms with van der Waals surface area (Å²) in [4.78, 5) is 17.2. The lowest BCUT2D eigenvalue weighted by Crippen LogP contribution is -2.55. The number of halogens is 3. The van der Waals surface area contributed by atoms with E-state index in [-0.39, 0.29) is 17.9 Å². The van der Waals surface area contributed by atoms with Crippen molar-refractivity contribution in [2.45, 2.75) is 12.3 Å². The van der Waals surface area contributed by atoms with Gasteiger partial charge in [-0.1, -0.05) is 30.3 Å². The highest BCUT2D eigenvalue weighted by Crippen LogP contribution is 2.29. The third-order valence-electron chi connectivity index (χ3n) is 3.73. The minimum Gasteiger partial charge on any atom is -0.471 e. The Hall–Kier alpha value is -2.83. The van der Waals surface area contributed by atoms with E-state index in [2.05, 4.69) is 4.98 Å². The van der Waals surface area contributed by atoms with Crippen LogP contribution in [0.4, 0.5) is 13.2 Å². The maximum absolute atomic E-state index is 12.5. The predicted molar refractivity (Wildman–Crippen MR) is 85.7 cm³/mol. The second kappa shape index (κ2) is 6.96. The average Bonchev–Trinajstić information content (AvgIpc) is 2.56. The fourth-order valence-electron chi connectivity index (χ4n) is 2.32. The molecular weight excluding hydrogens is 333 g/mol. The zero-order valence-corrected chi connectivity index (χ0v) is 13.1. The lowest BCUT2D eigenvalue weighted by Gasteiger charge is -2.38. The Balaban J connectivity index is 1.48. The van der Waals surface area contributed by atoms with Gasteiger partial charge in [0.25, 0.3) is 0 Å². The van der Waals surface area contributed by atoms with Crippen LogP contribution in [-0.2, 0) is 11.0 Å². The summed E-state index contributed by atoms with van der Waals surface area (Å²) in [6, 6.07) is 11.6. The quantitative estimate of drug-likeness (QED) is 0.796. The van der Waals surface area contributed by atoms with Gasteiger partial charge in [0.2, 0.25) is 11.8 Å². The summed E-state index contributed by atoms with van der Waals surface area (Å²) in [6.45, 7) is 0.751. The van der Waals surface area contributed by atoms with Gasteiger partial charge >= 0.3 is 6.18 Å². The van der Waals surface area contributed by atoms with Crippen LogP contribution in [0.5, 0.6) is 5.88 Å². The minimum atomic E-state index is -4.42. The van der Waals surface area contributed by atoms with E-state index in [1.54, 1.807) is 11.0 Å². The molecular formula is C18H15F3N2O2. The van der Waals surface area contributed by atoms with E-state index in [0.29, 0.717) is 13.1 Å². The first kappa shape index (κ1) is 17.0. The summed E-state index contributed by atoms with van der Waals surface area (Å²) >= 11 is 0.